The molecule has 0 saturated carbocycles. The van der Waals surface area contributed by atoms with Gasteiger partial charge in [0.2, 0.25) is 0 Å². The van der Waals surface area contributed by atoms with Gasteiger partial charge in [-0.1, -0.05) is 0 Å². The summed E-state index contributed by atoms with van der Waals surface area (Å²) in [4.78, 5) is 13.8. The van der Waals surface area contributed by atoms with E-state index in [0.717, 1.165) is 13.0 Å². The third-order valence-corrected chi connectivity index (χ3v) is 2.87. The Bertz CT molecular complexity index is 404. The summed E-state index contributed by atoms with van der Waals surface area (Å²) in [5.41, 5.74) is 3.10. The second-order valence-corrected chi connectivity index (χ2v) is 3.99. The van der Waals surface area contributed by atoms with Crippen LogP contribution in [0.5, 0.6) is 0 Å². The highest BCUT2D eigenvalue weighted by Gasteiger charge is 2.17. The molecule has 0 radical (unpaired) electrons. The largest absolute Gasteiger partial charge is 0.395 e. The van der Waals surface area contributed by atoms with Gasteiger partial charge in [0.15, 0.2) is 0 Å². The second kappa shape index (κ2) is 4.53. The summed E-state index contributed by atoms with van der Waals surface area (Å²) in [6, 6.07) is 5.75. The number of benzene rings is 1. The van der Waals surface area contributed by atoms with Gasteiger partial charge in [-0.05, 0) is 30.2 Å². The maximum absolute atomic E-state index is 11.6. The molecule has 0 saturated heterocycles. The molecule has 1 aliphatic rings. The lowest BCUT2D eigenvalue weighted by molar-refractivity contribution is 0.0944. The van der Waals surface area contributed by atoms with E-state index in [1.54, 1.807) is 0 Å². The number of nitrogens with zero attached hydrogens (tertiary/aromatic N) is 1. The average Bonchev–Trinajstić information content (AvgIpc) is 2.67. The fourth-order valence-electron chi connectivity index (χ4n) is 1.98. The van der Waals surface area contributed by atoms with Crippen molar-refractivity contribution < 1.29 is 9.90 Å². The van der Waals surface area contributed by atoms with Crippen LogP contribution in [0.15, 0.2) is 18.2 Å². The lowest BCUT2D eigenvalue weighted by Gasteiger charge is -2.12. The number of hydrogen-bond donors (Lipinski definition) is 2. The van der Waals surface area contributed by atoms with Crippen LogP contribution < -0.4 is 10.2 Å². The Labute approximate surface area is 94.9 Å². The first-order valence-corrected chi connectivity index (χ1v) is 5.45. The standard InChI is InChI=1S/C12H16N2O2/c1-14-6-4-9-8-10(2-3-11(9)14)12(16)13-5-7-15/h2-3,8,15H,4-7H2,1H3,(H,13,16). The van der Waals surface area contributed by atoms with Gasteiger partial charge in [-0.25, -0.2) is 0 Å². The highest BCUT2D eigenvalue weighted by atomic mass is 16.3. The van der Waals surface area contributed by atoms with Gasteiger partial charge in [0.1, 0.15) is 0 Å². The van der Waals surface area contributed by atoms with E-state index in [-0.39, 0.29) is 12.5 Å². The fraction of sp³-hybridized carbons (Fsp3) is 0.417. The Hall–Kier alpha value is -1.55. The van der Waals surface area contributed by atoms with Crippen molar-refractivity contribution in [3.8, 4) is 0 Å². The van der Waals surface area contributed by atoms with Crippen LogP contribution in [0.3, 0.4) is 0 Å². The molecule has 1 aromatic rings. The summed E-state index contributed by atoms with van der Waals surface area (Å²) < 4.78 is 0. The summed E-state index contributed by atoms with van der Waals surface area (Å²) in [6.45, 7) is 1.28. The molecule has 0 aromatic heterocycles. The molecule has 0 spiro atoms. The molecule has 4 nitrogen and oxygen atoms in total. The Balaban J connectivity index is 2.15. The lowest BCUT2D eigenvalue weighted by atomic mass is 10.1. The first-order chi connectivity index (χ1) is 7.72. The quantitative estimate of drug-likeness (QED) is 0.775. The van der Waals surface area contributed by atoms with Gasteiger partial charge in [0.25, 0.3) is 5.91 Å². The molecule has 4 heteroatoms. The van der Waals surface area contributed by atoms with Gasteiger partial charge in [0, 0.05) is 31.4 Å². The number of rotatable bonds is 3. The van der Waals surface area contributed by atoms with Crippen molar-refractivity contribution in [3.05, 3.63) is 29.3 Å². The number of aliphatic hydroxyl groups is 1. The number of hydrogen-bond acceptors (Lipinski definition) is 3. The molecule has 0 bridgehead atoms. The fourth-order valence-corrected chi connectivity index (χ4v) is 1.98. The van der Waals surface area contributed by atoms with Gasteiger partial charge in [0.05, 0.1) is 6.61 Å². The van der Waals surface area contributed by atoms with Gasteiger partial charge in [-0.15, -0.1) is 0 Å². The number of carbonyl (C=O) groups excluding carboxylic acids is 1. The molecular formula is C12H16N2O2. The molecule has 86 valence electrons. The van der Waals surface area contributed by atoms with E-state index in [9.17, 15) is 4.79 Å². The van der Waals surface area contributed by atoms with E-state index < -0.39 is 0 Å². The Morgan fingerprint density at radius 3 is 3.12 bits per heavy atom. The summed E-state index contributed by atoms with van der Waals surface area (Å²) in [6.07, 6.45) is 0.993. The van der Waals surface area contributed by atoms with Crippen LogP contribution in [0.25, 0.3) is 0 Å². The monoisotopic (exact) mass is 220 g/mol. The molecular weight excluding hydrogens is 204 g/mol. The normalized spacial score (nSPS) is 13.8. The smallest absolute Gasteiger partial charge is 0.251 e. The number of likely N-dealkylation sites (N-methyl/N-ethyl adjacent to an activating group) is 1. The van der Waals surface area contributed by atoms with Gasteiger partial charge >= 0.3 is 0 Å². The number of carbonyl (C=O) groups is 1. The second-order valence-electron chi connectivity index (χ2n) is 3.99. The van der Waals surface area contributed by atoms with E-state index in [2.05, 4.69) is 17.3 Å². The molecule has 1 aromatic carbocycles. The predicted octanol–water partition coefficient (Wildman–Crippen LogP) is 0.401. The van der Waals surface area contributed by atoms with Crippen molar-refractivity contribution in [3.63, 3.8) is 0 Å². The van der Waals surface area contributed by atoms with Gasteiger partial charge in [-0.2, -0.15) is 0 Å². The number of aliphatic hydroxyl groups excluding tert-OH is 1. The van der Waals surface area contributed by atoms with Crippen molar-refractivity contribution >= 4 is 11.6 Å². The van der Waals surface area contributed by atoms with Crippen molar-refractivity contribution in [1.29, 1.82) is 0 Å². The Morgan fingerprint density at radius 1 is 1.56 bits per heavy atom. The maximum Gasteiger partial charge on any atom is 0.251 e. The summed E-state index contributed by atoms with van der Waals surface area (Å²) in [7, 11) is 2.05. The molecule has 2 rings (SSSR count). The zero-order valence-corrected chi connectivity index (χ0v) is 9.36. The van der Waals surface area contributed by atoms with Crippen LogP contribution in [0.2, 0.25) is 0 Å². The molecule has 16 heavy (non-hydrogen) atoms. The minimum absolute atomic E-state index is 0.0284. The minimum atomic E-state index is -0.119. The predicted molar refractivity (Wildman–Crippen MR) is 62.8 cm³/mol. The van der Waals surface area contributed by atoms with Crippen LogP contribution in [-0.2, 0) is 6.42 Å². The number of amides is 1. The number of fused-ring (bicyclic) bond motifs is 1. The number of nitrogens with one attached hydrogen (secondary N) is 1. The van der Waals surface area contributed by atoms with Gasteiger partial charge < -0.3 is 15.3 Å². The Kier molecular flexibility index (Phi) is 3.10. The maximum atomic E-state index is 11.6. The SMILES string of the molecule is CN1CCc2cc(C(=O)NCCO)ccc21. The first-order valence-electron chi connectivity index (χ1n) is 5.45. The van der Waals surface area contributed by atoms with E-state index in [1.807, 2.05) is 18.2 Å². The molecule has 1 amide bonds. The lowest BCUT2D eigenvalue weighted by Crippen LogP contribution is -2.26. The highest BCUT2D eigenvalue weighted by molar-refractivity contribution is 5.95. The first kappa shape index (κ1) is 11.0. The zero-order valence-electron chi connectivity index (χ0n) is 9.36. The van der Waals surface area contributed by atoms with E-state index >= 15 is 0 Å². The van der Waals surface area contributed by atoms with E-state index in [4.69, 9.17) is 5.11 Å². The molecule has 1 heterocycles. The molecule has 2 N–H and O–H groups in total. The topological polar surface area (TPSA) is 52.6 Å². The van der Waals surface area contributed by atoms with Gasteiger partial charge in [-0.3, -0.25) is 4.79 Å². The van der Waals surface area contributed by atoms with Crippen LogP contribution in [-0.4, -0.2) is 37.8 Å². The van der Waals surface area contributed by atoms with Crippen molar-refractivity contribution in [2.45, 2.75) is 6.42 Å². The minimum Gasteiger partial charge on any atom is -0.395 e. The van der Waals surface area contributed by atoms with Crippen molar-refractivity contribution in [2.24, 2.45) is 0 Å². The molecule has 0 atom stereocenters. The summed E-state index contributed by atoms with van der Waals surface area (Å²) in [5, 5.41) is 11.3. The molecule has 0 aliphatic carbocycles. The van der Waals surface area contributed by atoms with Crippen LogP contribution in [0.1, 0.15) is 15.9 Å². The van der Waals surface area contributed by atoms with Crippen LogP contribution in [0.4, 0.5) is 5.69 Å². The molecule has 0 unspecified atom stereocenters. The molecule has 1 aliphatic heterocycles. The average molecular weight is 220 g/mol. The molecule has 0 fully saturated rings. The van der Waals surface area contributed by atoms with Crippen LogP contribution in [0, 0.1) is 0 Å². The van der Waals surface area contributed by atoms with Crippen molar-refractivity contribution in [2.75, 3.05) is 31.6 Å². The summed E-state index contributed by atoms with van der Waals surface area (Å²) in [5.74, 6) is -0.119. The third-order valence-electron chi connectivity index (χ3n) is 2.87. The highest BCUT2D eigenvalue weighted by Crippen LogP contribution is 2.27. The zero-order chi connectivity index (χ0) is 11.5. The van der Waals surface area contributed by atoms with Crippen LogP contribution >= 0.6 is 0 Å². The van der Waals surface area contributed by atoms with E-state index in [1.165, 1.54) is 11.3 Å². The Morgan fingerprint density at radius 2 is 2.38 bits per heavy atom. The summed E-state index contributed by atoms with van der Waals surface area (Å²) >= 11 is 0. The number of anilines is 1. The third kappa shape index (κ3) is 2.02. The van der Waals surface area contributed by atoms with E-state index in [0.29, 0.717) is 12.1 Å². The van der Waals surface area contributed by atoms with Crippen molar-refractivity contribution in [1.82, 2.24) is 5.32 Å².